The standard InChI is InChI=1S/C20H24N4O/c1-15-12-16(2)24(22-15)14-19-8-3-4-11-23(19)20(25)18-7-5-6-17(13-18)9-10-21/h5-7,12-13,19H,3-4,8-9,11,14H2,1-2H3/t19-/m0/s1. The van der Waals surface area contributed by atoms with Gasteiger partial charge in [-0.1, -0.05) is 12.1 Å². The molecule has 0 unspecified atom stereocenters. The minimum Gasteiger partial charge on any atom is -0.334 e. The van der Waals surface area contributed by atoms with Crippen LogP contribution in [0, 0.1) is 25.2 Å². The van der Waals surface area contributed by atoms with Crippen LogP contribution in [0.15, 0.2) is 30.3 Å². The van der Waals surface area contributed by atoms with Crippen molar-refractivity contribution in [2.75, 3.05) is 6.54 Å². The van der Waals surface area contributed by atoms with Crippen molar-refractivity contribution in [3.8, 4) is 6.07 Å². The molecule has 1 atom stereocenters. The average Bonchev–Trinajstić information content (AvgIpc) is 2.92. The number of rotatable bonds is 4. The Morgan fingerprint density at radius 1 is 1.32 bits per heavy atom. The quantitative estimate of drug-likeness (QED) is 0.861. The number of aromatic nitrogens is 2. The zero-order valence-corrected chi connectivity index (χ0v) is 14.9. The Labute approximate surface area is 148 Å². The van der Waals surface area contributed by atoms with Gasteiger partial charge in [-0.2, -0.15) is 10.4 Å². The fourth-order valence-electron chi connectivity index (χ4n) is 3.59. The van der Waals surface area contributed by atoms with Crippen LogP contribution >= 0.6 is 0 Å². The van der Waals surface area contributed by atoms with Crippen LogP contribution in [0.3, 0.4) is 0 Å². The molecule has 0 bridgehead atoms. The summed E-state index contributed by atoms with van der Waals surface area (Å²) >= 11 is 0. The molecule has 1 fully saturated rings. The van der Waals surface area contributed by atoms with Crippen LogP contribution in [0.4, 0.5) is 0 Å². The molecule has 130 valence electrons. The first-order valence-corrected chi connectivity index (χ1v) is 8.86. The molecule has 0 N–H and O–H groups in total. The second kappa shape index (κ2) is 7.52. The molecule has 1 aliphatic heterocycles. The summed E-state index contributed by atoms with van der Waals surface area (Å²) < 4.78 is 2.01. The molecule has 1 saturated heterocycles. The predicted molar refractivity (Wildman–Crippen MR) is 96.1 cm³/mol. The topological polar surface area (TPSA) is 61.9 Å². The number of aryl methyl sites for hydroxylation is 2. The van der Waals surface area contributed by atoms with Gasteiger partial charge in [-0.3, -0.25) is 9.48 Å². The number of hydrogen-bond donors (Lipinski definition) is 0. The van der Waals surface area contributed by atoms with Gasteiger partial charge in [0.15, 0.2) is 0 Å². The first-order chi connectivity index (χ1) is 12.1. The number of amides is 1. The van der Waals surface area contributed by atoms with Gasteiger partial charge < -0.3 is 4.90 Å². The van der Waals surface area contributed by atoms with Crippen molar-refractivity contribution in [3.05, 3.63) is 52.8 Å². The maximum Gasteiger partial charge on any atom is 0.254 e. The molecule has 3 rings (SSSR count). The van der Waals surface area contributed by atoms with Crippen molar-refractivity contribution >= 4 is 5.91 Å². The number of carbonyl (C=O) groups is 1. The minimum atomic E-state index is 0.0611. The van der Waals surface area contributed by atoms with E-state index < -0.39 is 0 Å². The number of nitrogens with zero attached hydrogens (tertiary/aromatic N) is 4. The molecule has 1 aliphatic rings. The third-order valence-electron chi connectivity index (χ3n) is 4.83. The fraction of sp³-hybridized carbons (Fsp3) is 0.450. The Balaban J connectivity index is 1.80. The molecule has 0 aliphatic carbocycles. The van der Waals surface area contributed by atoms with Gasteiger partial charge in [-0.15, -0.1) is 0 Å². The summed E-state index contributed by atoms with van der Waals surface area (Å²) in [6.07, 6.45) is 3.51. The van der Waals surface area contributed by atoms with Gasteiger partial charge in [0.2, 0.25) is 0 Å². The van der Waals surface area contributed by atoms with Crippen LogP contribution in [0.5, 0.6) is 0 Å². The van der Waals surface area contributed by atoms with E-state index in [0.717, 1.165) is 49.3 Å². The van der Waals surface area contributed by atoms with E-state index in [-0.39, 0.29) is 11.9 Å². The van der Waals surface area contributed by atoms with E-state index in [2.05, 4.69) is 24.2 Å². The maximum atomic E-state index is 13.1. The molecule has 0 spiro atoms. The molecule has 0 radical (unpaired) electrons. The minimum absolute atomic E-state index is 0.0611. The first kappa shape index (κ1) is 17.2. The third-order valence-corrected chi connectivity index (χ3v) is 4.83. The predicted octanol–water partition coefficient (Wildman–Crippen LogP) is 3.26. The molecule has 1 amide bonds. The van der Waals surface area contributed by atoms with Crippen molar-refractivity contribution in [1.82, 2.24) is 14.7 Å². The highest BCUT2D eigenvalue weighted by molar-refractivity contribution is 5.94. The highest BCUT2D eigenvalue weighted by Crippen LogP contribution is 2.22. The first-order valence-electron chi connectivity index (χ1n) is 8.86. The van der Waals surface area contributed by atoms with E-state index in [1.54, 1.807) is 0 Å². The smallest absolute Gasteiger partial charge is 0.254 e. The molecule has 0 saturated carbocycles. The highest BCUT2D eigenvalue weighted by Gasteiger charge is 2.28. The summed E-state index contributed by atoms with van der Waals surface area (Å²) in [6.45, 7) is 5.57. The average molecular weight is 336 g/mol. The molecular weight excluding hydrogens is 312 g/mol. The zero-order chi connectivity index (χ0) is 17.8. The lowest BCUT2D eigenvalue weighted by Gasteiger charge is -2.36. The van der Waals surface area contributed by atoms with E-state index in [0.29, 0.717) is 12.0 Å². The summed E-state index contributed by atoms with van der Waals surface area (Å²) in [4.78, 5) is 15.1. The van der Waals surface area contributed by atoms with Gasteiger partial charge in [0.1, 0.15) is 0 Å². The van der Waals surface area contributed by atoms with Gasteiger partial charge in [-0.05, 0) is 56.9 Å². The summed E-state index contributed by atoms with van der Waals surface area (Å²) in [5, 5.41) is 13.4. The van der Waals surface area contributed by atoms with E-state index in [1.807, 2.05) is 40.8 Å². The van der Waals surface area contributed by atoms with Gasteiger partial charge in [-0.25, -0.2) is 0 Å². The summed E-state index contributed by atoms with van der Waals surface area (Å²) in [7, 11) is 0. The van der Waals surface area contributed by atoms with Crippen LogP contribution in [0.1, 0.15) is 46.6 Å². The molecule has 5 nitrogen and oxygen atoms in total. The van der Waals surface area contributed by atoms with Crippen LogP contribution in [0.2, 0.25) is 0 Å². The van der Waals surface area contributed by atoms with Crippen LogP contribution in [-0.2, 0) is 13.0 Å². The van der Waals surface area contributed by atoms with E-state index in [1.165, 1.54) is 0 Å². The monoisotopic (exact) mass is 336 g/mol. The number of benzene rings is 1. The number of nitriles is 1. The van der Waals surface area contributed by atoms with Crippen molar-refractivity contribution in [2.45, 2.75) is 52.1 Å². The fourth-order valence-corrected chi connectivity index (χ4v) is 3.59. The second-order valence-electron chi connectivity index (χ2n) is 6.79. The van der Waals surface area contributed by atoms with E-state index in [9.17, 15) is 4.79 Å². The maximum absolute atomic E-state index is 13.1. The number of piperidine rings is 1. The van der Waals surface area contributed by atoms with Gasteiger partial charge in [0, 0.05) is 17.8 Å². The lowest BCUT2D eigenvalue weighted by molar-refractivity contribution is 0.0582. The Bertz CT molecular complexity index is 802. The molecule has 5 heteroatoms. The lowest BCUT2D eigenvalue weighted by Crippen LogP contribution is -2.46. The van der Waals surface area contributed by atoms with Crippen molar-refractivity contribution in [3.63, 3.8) is 0 Å². The number of likely N-dealkylation sites (tertiary alicyclic amines) is 1. The largest absolute Gasteiger partial charge is 0.334 e. The van der Waals surface area contributed by atoms with Crippen LogP contribution in [-0.4, -0.2) is 33.2 Å². The molecule has 1 aromatic carbocycles. The molecule has 2 aromatic rings. The van der Waals surface area contributed by atoms with Crippen LogP contribution in [0.25, 0.3) is 0 Å². The van der Waals surface area contributed by atoms with Gasteiger partial charge >= 0.3 is 0 Å². The van der Waals surface area contributed by atoms with Crippen LogP contribution < -0.4 is 0 Å². The Morgan fingerprint density at radius 3 is 2.88 bits per heavy atom. The normalized spacial score (nSPS) is 17.3. The van der Waals surface area contributed by atoms with E-state index >= 15 is 0 Å². The van der Waals surface area contributed by atoms with Crippen molar-refractivity contribution in [2.24, 2.45) is 0 Å². The van der Waals surface area contributed by atoms with Gasteiger partial charge in [0.05, 0.1) is 30.8 Å². The van der Waals surface area contributed by atoms with Crippen molar-refractivity contribution in [1.29, 1.82) is 5.26 Å². The number of hydrogen-bond acceptors (Lipinski definition) is 3. The Hall–Kier alpha value is -2.61. The third kappa shape index (κ3) is 3.90. The van der Waals surface area contributed by atoms with E-state index in [4.69, 9.17) is 5.26 Å². The molecule has 2 heterocycles. The summed E-state index contributed by atoms with van der Waals surface area (Å²) in [5.74, 6) is 0.0611. The summed E-state index contributed by atoms with van der Waals surface area (Å²) in [6, 6.07) is 11.8. The second-order valence-corrected chi connectivity index (χ2v) is 6.79. The molecule has 25 heavy (non-hydrogen) atoms. The Kier molecular flexibility index (Phi) is 5.18. The SMILES string of the molecule is Cc1cc(C)n(C[C@@H]2CCCCN2C(=O)c2cccc(CC#N)c2)n1. The zero-order valence-electron chi connectivity index (χ0n) is 14.9. The lowest BCUT2D eigenvalue weighted by atomic mass is 10.00. The molecular formula is C20H24N4O. The van der Waals surface area contributed by atoms with Crippen molar-refractivity contribution < 1.29 is 4.79 Å². The molecule has 1 aromatic heterocycles. The highest BCUT2D eigenvalue weighted by atomic mass is 16.2. The number of carbonyl (C=O) groups excluding carboxylic acids is 1. The Morgan fingerprint density at radius 2 is 2.16 bits per heavy atom. The van der Waals surface area contributed by atoms with Gasteiger partial charge in [0.25, 0.3) is 5.91 Å². The summed E-state index contributed by atoms with van der Waals surface area (Å²) in [5.41, 5.74) is 3.70.